The molecule has 0 atom stereocenters. The molecule has 1 aromatic carbocycles. The average Bonchev–Trinajstić information content (AvgIpc) is 3.29. The first-order valence-electron chi connectivity index (χ1n) is 10.5. The van der Waals surface area contributed by atoms with Gasteiger partial charge in [-0.25, -0.2) is 4.79 Å². The zero-order valence-corrected chi connectivity index (χ0v) is 18.6. The predicted molar refractivity (Wildman–Crippen MR) is 120 cm³/mol. The molecule has 1 amide bonds. The van der Waals surface area contributed by atoms with Crippen LogP contribution in [0.15, 0.2) is 47.1 Å². The molecule has 0 unspecified atom stereocenters. The van der Waals surface area contributed by atoms with Gasteiger partial charge in [0.05, 0.1) is 4.92 Å². The molecule has 172 valence electrons. The maximum atomic E-state index is 12.3. The van der Waals surface area contributed by atoms with Gasteiger partial charge in [-0.15, -0.1) is 0 Å². The summed E-state index contributed by atoms with van der Waals surface area (Å²) in [6.45, 7) is 7.15. The van der Waals surface area contributed by atoms with Crippen molar-refractivity contribution < 1.29 is 19.0 Å². The van der Waals surface area contributed by atoms with Gasteiger partial charge in [-0.1, -0.05) is 11.2 Å². The second-order valence-corrected chi connectivity index (χ2v) is 8.55. The Morgan fingerprint density at radius 2 is 1.91 bits per heavy atom. The van der Waals surface area contributed by atoms with Gasteiger partial charge in [-0.05, 0) is 45.0 Å². The highest BCUT2D eigenvalue weighted by atomic mass is 16.6. The molecule has 1 aliphatic heterocycles. The minimum atomic E-state index is -0.575. The molecular formula is C22H24N6O5. The zero-order valence-electron chi connectivity index (χ0n) is 18.6. The first-order chi connectivity index (χ1) is 15.7. The van der Waals surface area contributed by atoms with Gasteiger partial charge in [0.15, 0.2) is 0 Å². The molecule has 0 spiro atoms. The van der Waals surface area contributed by atoms with Gasteiger partial charge in [0.1, 0.15) is 17.0 Å². The first-order valence-corrected chi connectivity index (χ1v) is 10.5. The van der Waals surface area contributed by atoms with Crippen molar-refractivity contribution in [1.82, 2.24) is 20.0 Å². The van der Waals surface area contributed by atoms with Crippen LogP contribution in [0.4, 0.5) is 16.2 Å². The lowest BCUT2D eigenvalue weighted by molar-refractivity contribution is -0.384. The topological polar surface area (TPSA) is 128 Å². The molecule has 33 heavy (non-hydrogen) atoms. The fraction of sp³-hybridized carbons (Fsp3) is 0.364. The highest BCUT2D eigenvalue weighted by Crippen LogP contribution is 2.34. The van der Waals surface area contributed by atoms with Crippen molar-refractivity contribution in [2.75, 3.05) is 31.1 Å². The van der Waals surface area contributed by atoms with Gasteiger partial charge >= 0.3 is 6.09 Å². The number of piperazine rings is 1. The van der Waals surface area contributed by atoms with E-state index in [2.05, 4.69) is 15.1 Å². The molecule has 3 heterocycles. The Kier molecular flexibility index (Phi) is 5.95. The van der Waals surface area contributed by atoms with Crippen LogP contribution in [-0.4, -0.2) is 62.8 Å². The summed E-state index contributed by atoms with van der Waals surface area (Å²) in [6.07, 6.45) is 1.24. The predicted octanol–water partition coefficient (Wildman–Crippen LogP) is 3.76. The van der Waals surface area contributed by atoms with Crippen LogP contribution in [0.2, 0.25) is 0 Å². The molecule has 0 aliphatic carbocycles. The number of hydrogen-bond donors (Lipinski definition) is 0. The summed E-state index contributed by atoms with van der Waals surface area (Å²) in [5.41, 5.74) is 0.801. The van der Waals surface area contributed by atoms with Gasteiger partial charge < -0.3 is 19.1 Å². The number of carbonyl (C=O) groups excluding carboxylic acids is 1. The zero-order chi connectivity index (χ0) is 23.6. The van der Waals surface area contributed by atoms with Crippen LogP contribution in [0.25, 0.3) is 23.0 Å². The molecular weight excluding hydrogens is 428 g/mol. The van der Waals surface area contributed by atoms with Crippen LogP contribution >= 0.6 is 0 Å². The number of amides is 1. The van der Waals surface area contributed by atoms with Crippen molar-refractivity contribution in [3.8, 4) is 23.0 Å². The summed E-state index contributed by atoms with van der Waals surface area (Å²) in [5, 5.41) is 15.7. The minimum absolute atomic E-state index is 0.0733. The number of nitro groups is 1. The first kappa shape index (κ1) is 22.2. The third-order valence-corrected chi connectivity index (χ3v) is 5.01. The Morgan fingerprint density at radius 3 is 2.55 bits per heavy atom. The van der Waals surface area contributed by atoms with E-state index in [1.165, 1.54) is 6.07 Å². The Balaban J connectivity index is 1.51. The van der Waals surface area contributed by atoms with Crippen LogP contribution in [0.1, 0.15) is 20.8 Å². The van der Waals surface area contributed by atoms with Crippen LogP contribution in [-0.2, 0) is 4.74 Å². The summed E-state index contributed by atoms with van der Waals surface area (Å²) < 4.78 is 10.7. The second-order valence-electron chi connectivity index (χ2n) is 8.55. The monoisotopic (exact) mass is 452 g/mol. The Morgan fingerprint density at radius 1 is 1.15 bits per heavy atom. The van der Waals surface area contributed by atoms with Crippen molar-refractivity contribution >= 4 is 17.5 Å². The van der Waals surface area contributed by atoms with Crippen molar-refractivity contribution in [2.45, 2.75) is 26.4 Å². The lowest BCUT2D eigenvalue weighted by Crippen LogP contribution is -2.50. The number of aromatic nitrogens is 3. The van der Waals surface area contributed by atoms with Crippen LogP contribution in [0.5, 0.6) is 0 Å². The standard InChI is InChI=1S/C22H24N6O5/c1-22(2,3)32-21(29)27-12-10-26(11-13-27)17-8-7-15(14-18(17)28(30)31)20-24-19(25-33-20)16-6-4-5-9-23-16/h4-9,14H,10-13H2,1-3H3. The molecule has 11 heteroatoms. The van der Waals surface area contributed by atoms with E-state index in [1.807, 2.05) is 25.7 Å². The number of carbonyl (C=O) groups is 1. The largest absolute Gasteiger partial charge is 0.444 e. The van der Waals surface area contributed by atoms with E-state index >= 15 is 0 Å². The van der Waals surface area contributed by atoms with Crippen molar-refractivity contribution in [1.29, 1.82) is 0 Å². The molecule has 2 aromatic heterocycles. The Labute approximate surface area is 190 Å². The number of ether oxygens (including phenoxy) is 1. The van der Waals surface area contributed by atoms with Crippen molar-refractivity contribution in [2.24, 2.45) is 0 Å². The van der Waals surface area contributed by atoms with Gasteiger partial charge in [-0.3, -0.25) is 15.1 Å². The number of rotatable bonds is 4. The van der Waals surface area contributed by atoms with E-state index in [-0.39, 0.29) is 17.7 Å². The van der Waals surface area contributed by atoms with Crippen molar-refractivity contribution in [3.05, 3.63) is 52.7 Å². The van der Waals surface area contributed by atoms with Crippen molar-refractivity contribution in [3.63, 3.8) is 0 Å². The SMILES string of the molecule is CC(C)(C)OC(=O)N1CCN(c2ccc(-c3nc(-c4ccccn4)no3)cc2[N+](=O)[O-])CC1. The third-order valence-electron chi connectivity index (χ3n) is 5.01. The Hall–Kier alpha value is -4.02. The lowest BCUT2D eigenvalue weighted by Gasteiger charge is -2.36. The summed E-state index contributed by atoms with van der Waals surface area (Å²) >= 11 is 0. The number of nitrogens with zero attached hydrogens (tertiary/aromatic N) is 6. The maximum Gasteiger partial charge on any atom is 0.410 e. The van der Waals surface area contributed by atoms with E-state index < -0.39 is 10.5 Å². The summed E-state index contributed by atoms with van der Waals surface area (Å²) in [5.74, 6) is 0.468. The highest BCUT2D eigenvalue weighted by Gasteiger charge is 2.29. The normalized spacial score (nSPS) is 14.3. The number of nitro benzene ring substituents is 1. The highest BCUT2D eigenvalue weighted by molar-refractivity contribution is 5.72. The quantitative estimate of drug-likeness (QED) is 0.429. The fourth-order valence-corrected chi connectivity index (χ4v) is 3.47. The molecule has 1 fully saturated rings. The van der Waals surface area contributed by atoms with Gasteiger partial charge in [0, 0.05) is 44.0 Å². The third kappa shape index (κ3) is 5.08. The van der Waals surface area contributed by atoms with Gasteiger partial charge in [-0.2, -0.15) is 4.98 Å². The molecule has 0 saturated carbocycles. The average molecular weight is 452 g/mol. The maximum absolute atomic E-state index is 12.3. The molecule has 4 rings (SSSR count). The van der Waals surface area contributed by atoms with Gasteiger partial charge in [0.2, 0.25) is 5.82 Å². The molecule has 1 saturated heterocycles. The lowest BCUT2D eigenvalue weighted by atomic mass is 10.1. The molecule has 0 N–H and O–H groups in total. The van der Waals surface area contributed by atoms with Gasteiger partial charge in [0.25, 0.3) is 11.6 Å². The molecule has 0 bridgehead atoms. The summed E-state index contributed by atoms with van der Waals surface area (Å²) in [6, 6.07) is 10.1. The molecule has 0 radical (unpaired) electrons. The number of anilines is 1. The minimum Gasteiger partial charge on any atom is -0.444 e. The van der Waals surface area contributed by atoms with E-state index in [4.69, 9.17) is 9.26 Å². The summed E-state index contributed by atoms with van der Waals surface area (Å²) in [4.78, 5) is 35.7. The van der Waals surface area contributed by atoms with Crippen LogP contribution in [0, 0.1) is 10.1 Å². The smallest absolute Gasteiger partial charge is 0.410 e. The van der Waals surface area contributed by atoms with E-state index in [0.29, 0.717) is 48.9 Å². The number of benzene rings is 1. The molecule has 11 nitrogen and oxygen atoms in total. The van der Waals surface area contributed by atoms with E-state index in [9.17, 15) is 14.9 Å². The fourth-order valence-electron chi connectivity index (χ4n) is 3.47. The second kappa shape index (κ2) is 8.85. The van der Waals surface area contributed by atoms with E-state index in [0.717, 1.165) is 0 Å². The molecule has 3 aromatic rings. The Bertz CT molecular complexity index is 1150. The number of hydrogen-bond acceptors (Lipinski definition) is 9. The van der Waals surface area contributed by atoms with E-state index in [1.54, 1.807) is 41.4 Å². The number of pyridine rings is 1. The summed E-state index contributed by atoms with van der Waals surface area (Å²) in [7, 11) is 0. The van der Waals surface area contributed by atoms with Crippen LogP contribution < -0.4 is 4.90 Å². The molecule has 1 aliphatic rings. The van der Waals surface area contributed by atoms with Crippen LogP contribution in [0.3, 0.4) is 0 Å².